The van der Waals surface area contributed by atoms with Gasteiger partial charge in [-0.2, -0.15) is 0 Å². The maximum atomic E-state index is 12.1. The molecular formula is C15H20BrNO2. The van der Waals surface area contributed by atoms with Crippen LogP contribution < -0.4 is 10.1 Å². The Bertz CT molecular complexity index is 436. The van der Waals surface area contributed by atoms with Crippen LogP contribution in [0, 0.1) is 5.92 Å². The lowest BCUT2D eigenvalue weighted by Crippen LogP contribution is -2.32. The summed E-state index contributed by atoms with van der Waals surface area (Å²) >= 11 is 3.67. The van der Waals surface area contributed by atoms with Crippen LogP contribution in [-0.4, -0.2) is 24.4 Å². The van der Waals surface area contributed by atoms with Gasteiger partial charge in [-0.1, -0.05) is 34.5 Å². The van der Waals surface area contributed by atoms with Crippen molar-refractivity contribution in [2.75, 3.05) is 13.7 Å². The number of amides is 1. The van der Waals surface area contributed by atoms with Crippen molar-refractivity contribution in [3.63, 3.8) is 0 Å². The van der Waals surface area contributed by atoms with E-state index < -0.39 is 0 Å². The van der Waals surface area contributed by atoms with E-state index in [2.05, 4.69) is 21.2 Å². The van der Waals surface area contributed by atoms with E-state index in [1.807, 2.05) is 18.2 Å². The average molecular weight is 326 g/mol. The molecule has 0 aliphatic heterocycles. The van der Waals surface area contributed by atoms with E-state index in [1.54, 1.807) is 13.2 Å². The Labute approximate surface area is 122 Å². The zero-order valence-electron chi connectivity index (χ0n) is 11.2. The van der Waals surface area contributed by atoms with E-state index in [9.17, 15) is 4.79 Å². The molecule has 0 aromatic heterocycles. The molecule has 0 spiro atoms. The molecule has 2 atom stereocenters. The number of carbonyl (C=O) groups excluding carboxylic acids is 1. The van der Waals surface area contributed by atoms with Gasteiger partial charge in [0, 0.05) is 11.4 Å². The van der Waals surface area contributed by atoms with E-state index in [1.165, 1.54) is 19.3 Å². The zero-order valence-corrected chi connectivity index (χ0v) is 12.8. The maximum absolute atomic E-state index is 12.1. The summed E-state index contributed by atoms with van der Waals surface area (Å²) in [5, 5.41) is 3.02. The Morgan fingerprint density at radius 1 is 1.42 bits per heavy atom. The average Bonchev–Trinajstić information content (AvgIpc) is 2.45. The number of para-hydroxylation sites is 1. The Morgan fingerprint density at radius 2 is 2.21 bits per heavy atom. The highest BCUT2D eigenvalue weighted by molar-refractivity contribution is 9.09. The third-order valence-electron chi connectivity index (χ3n) is 3.62. The number of methoxy groups -OCH3 is 1. The van der Waals surface area contributed by atoms with Crippen LogP contribution in [0.5, 0.6) is 5.75 Å². The summed E-state index contributed by atoms with van der Waals surface area (Å²) in [5.74, 6) is 1.16. The fourth-order valence-electron chi connectivity index (χ4n) is 2.58. The van der Waals surface area contributed by atoms with Crippen molar-refractivity contribution in [3.8, 4) is 5.75 Å². The molecular weight excluding hydrogens is 306 g/mol. The van der Waals surface area contributed by atoms with Crippen molar-refractivity contribution in [1.29, 1.82) is 0 Å². The van der Waals surface area contributed by atoms with Crippen LogP contribution in [-0.2, 0) is 0 Å². The third kappa shape index (κ3) is 3.96. The van der Waals surface area contributed by atoms with Crippen LogP contribution in [0.1, 0.15) is 36.0 Å². The first kappa shape index (κ1) is 14.4. The molecule has 0 bridgehead atoms. The van der Waals surface area contributed by atoms with E-state index in [4.69, 9.17) is 4.74 Å². The van der Waals surface area contributed by atoms with E-state index in [-0.39, 0.29) is 5.91 Å². The molecule has 2 rings (SSSR count). The van der Waals surface area contributed by atoms with E-state index in [0.29, 0.717) is 22.1 Å². The minimum absolute atomic E-state index is 0.0471. The molecule has 0 heterocycles. The molecule has 2 unspecified atom stereocenters. The summed E-state index contributed by atoms with van der Waals surface area (Å²) in [6.07, 6.45) is 4.84. The van der Waals surface area contributed by atoms with Gasteiger partial charge in [0.2, 0.25) is 0 Å². The Hall–Kier alpha value is -1.03. The first-order valence-corrected chi connectivity index (χ1v) is 7.67. The standard InChI is InChI=1S/C15H20BrNO2/c1-19-14-8-3-2-7-13(14)15(18)17-10-11-5-4-6-12(16)9-11/h2-3,7-8,11-12H,4-6,9-10H2,1H3,(H,17,18). The second-order valence-electron chi connectivity index (χ2n) is 5.04. The molecule has 1 amide bonds. The molecule has 1 aromatic rings. The normalized spacial score (nSPS) is 22.8. The van der Waals surface area contributed by atoms with Crippen LogP contribution in [0.15, 0.2) is 24.3 Å². The molecule has 0 radical (unpaired) electrons. The number of alkyl halides is 1. The number of halogens is 1. The molecule has 19 heavy (non-hydrogen) atoms. The topological polar surface area (TPSA) is 38.3 Å². The summed E-state index contributed by atoms with van der Waals surface area (Å²) in [6.45, 7) is 0.749. The second kappa shape index (κ2) is 6.94. The van der Waals surface area contributed by atoms with Crippen molar-refractivity contribution >= 4 is 21.8 Å². The van der Waals surface area contributed by atoms with Gasteiger partial charge in [-0.3, -0.25) is 4.79 Å². The summed E-state index contributed by atoms with van der Waals surface area (Å²) in [7, 11) is 1.59. The lowest BCUT2D eigenvalue weighted by molar-refractivity contribution is 0.0941. The molecule has 1 aromatic carbocycles. The van der Waals surface area contributed by atoms with Gasteiger partial charge in [0.05, 0.1) is 12.7 Å². The molecule has 1 aliphatic rings. The van der Waals surface area contributed by atoms with Crippen LogP contribution in [0.3, 0.4) is 0 Å². The number of ether oxygens (including phenoxy) is 1. The molecule has 104 valence electrons. The summed E-state index contributed by atoms with van der Waals surface area (Å²) in [6, 6.07) is 7.32. The minimum atomic E-state index is -0.0471. The van der Waals surface area contributed by atoms with Gasteiger partial charge in [0.1, 0.15) is 5.75 Å². The SMILES string of the molecule is COc1ccccc1C(=O)NCC1CCCC(Br)C1. The zero-order chi connectivity index (χ0) is 13.7. The van der Waals surface area contributed by atoms with Gasteiger partial charge in [0.15, 0.2) is 0 Å². The molecule has 1 N–H and O–H groups in total. The number of hydrogen-bond donors (Lipinski definition) is 1. The van der Waals surface area contributed by atoms with E-state index in [0.717, 1.165) is 13.0 Å². The van der Waals surface area contributed by atoms with E-state index >= 15 is 0 Å². The van der Waals surface area contributed by atoms with Crippen molar-refractivity contribution in [1.82, 2.24) is 5.32 Å². The highest BCUT2D eigenvalue weighted by Gasteiger charge is 2.21. The summed E-state index contributed by atoms with van der Waals surface area (Å²) < 4.78 is 5.21. The molecule has 1 saturated carbocycles. The highest BCUT2D eigenvalue weighted by atomic mass is 79.9. The Balaban J connectivity index is 1.90. The summed E-state index contributed by atoms with van der Waals surface area (Å²) in [5.41, 5.74) is 0.608. The third-order valence-corrected chi connectivity index (χ3v) is 4.45. The van der Waals surface area contributed by atoms with Crippen LogP contribution in [0.25, 0.3) is 0 Å². The lowest BCUT2D eigenvalue weighted by Gasteiger charge is -2.25. The van der Waals surface area contributed by atoms with Crippen molar-refractivity contribution in [2.24, 2.45) is 5.92 Å². The van der Waals surface area contributed by atoms with Gasteiger partial charge in [0.25, 0.3) is 5.91 Å². The van der Waals surface area contributed by atoms with Crippen molar-refractivity contribution in [2.45, 2.75) is 30.5 Å². The molecule has 0 saturated heterocycles. The summed E-state index contributed by atoms with van der Waals surface area (Å²) in [4.78, 5) is 12.8. The van der Waals surface area contributed by atoms with Gasteiger partial charge >= 0.3 is 0 Å². The number of hydrogen-bond acceptors (Lipinski definition) is 2. The largest absolute Gasteiger partial charge is 0.496 e. The first-order chi connectivity index (χ1) is 9.20. The number of carbonyl (C=O) groups is 1. The predicted molar refractivity (Wildman–Crippen MR) is 80.0 cm³/mol. The monoisotopic (exact) mass is 325 g/mol. The van der Waals surface area contributed by atoms with Gasteiger partial charge in [-0.15, -0.1) is 0 Å². The Morgan fingerprint density at radius 3 is 2.95 bits per heavy atom. The number of benzene rings is 1. The molecule has 1 fully saturated rings. The fourth-order valence-corrected chi connectivity index (χ4v) is 3.43. The first-order valence-electron chi connectivity index (χ1n) is 6.76. The fraction of sp³-hybridized carbons (Fsp3) is 0.533. The quantitative estimate of drug-likeness (QED) is 0.862. The van der Waals surface area contributed by atoms with Crippen molar-refractivity contribution in [3.05, 3.63) is 29.8 Å². The second-order valence-corrected chi connectivity index (χ2v) is 6.34. The van der Waals surface area contributed by atoms with Gasteiger partial charge in [-0.05, 0) is 37.3 Å². The van der Waals surface area contributed by atoms with Gasteiger partial charge in [-0.25, -0.2) is 0 Å². The highest BCUT2D eigenvalue weighted by Crippen LogP contribution is 2.28. The predicted octanol–water partition coefficient (Wildman–Crippen LogP) is 3.38. The van der Waals surface area contributed by atoms with Gasteiger partial charge < -0.3 is 10.1 Å². The maximum Gasteiger partial charge on any atom is 0.255 e. The van der Waals surface area contributed by atoms with Crippen LogP contribution in [0.2, 0.25) is 0 Å². The number of nitrogens with one attached hydrogen (secondary N) is 1. The molecule has 1 aliphatic carbocycles. The minimum Gasteiger partial charge on any atom is -0.496 e. The van der Waals surface area contributed by atoms with Crippen LogP contribution in [0.4, 0.5) is 0 Å². The molecule has 3 nitrogen and oxygen atoms in total. The lowest BCUT2D eigenvalue weighted by atomic mass is 9.89. The van der Waals surface area contributed by atoms with Crippen molar-refractivity contribution < 1.29 is 9.53 Å². The Kier molecular flexibility index (Phi) is 5.25. The number of rotatable bonds is 4. The molecule has 4 heteroatoms. The smallest absolute Gasteiger partial charge is 0.255 e. The van der Waals surface area contributed by atoms with Crippen LogP contribution >= 0.6 is 15.9 Å².